The molecule has 0 aliphatic heterocycles. The summed E-state index contributed by atoms with van der Waals surface area (Å²) >= 11 is 4.20. The van der Waals surface area contributed by atoms with Crippen LogP contribution in [-0.2, 0) is 6.42 Å². The van der Waals surface area contributed by atoms with Crippen molar-refractivity contribution >= 4 is 33.9 Å². The SMILES string of the molecule is CCCc1ccc(C(NCC)c2csc(I)c2)cc1. The van der Waals surface area contributed by atoms with Crippen molar-refractivity contribution in [3.05, 3.63) is 55.3 Å². The van der Waals surface area contributed by atoms with E-state index in [1.54, 1.807) is 0 Å². The van der Waals surface area contributed by atoms with Crippen LogP contribution in [0.15, 0.2) is 35.7 Å². The van der Waals surface area contributed by atoms with Gasteiger partial charge in [0, 0.05) is 0 Å². The maximum atomic E-state index is 3.58. The molecule has 3 heteroatoms. The molecule has 0 fully saturated rings. The Balaban J connectivity index is 2.23. The lowest BCUT2D eigenvalue weighted by Gasteiger charge is -2.17. The molecule has 0 bridgehead atoms. The monoisotopic (exact) mass is 385 g/mol. The fraction of sp³-hybridized carbons (Fsp3) is 0.375. The van der Waals surface area contributed by atoms with Gasteiger partial charge in [0.05, 0.1) is 8.93 Å². The molecule has 0 saturated heterocycles. The summed E-state index contributed by atoms with van der Waals surface area (Å²) in [5.74, 6) is 0. The van der Waals surface area contributed by atoms with E-state index in [4.69, 9.17) is 0 Å². The Kier molecular flexibility index (Phi) is 5.85. The van der Waals surface area contributed by atoms with Gasteiger partial charge in [-0.25, -0.2) is 0 Å². The molecule has 0 aliphatic carbocycles. The maximum absolute atomic E-state index is 3.58. The van der Waals surface area contributed by atoms with Crippen LogP contribution < -0.4 is 5.32 Å². The number of halogens is 1. The van der Waals surface area contributed by atoms with Crippen molar-refractivity contribution in [2.45, 2.75) is 32.7 Å². The smallest absolute Gasteiger partial charge is 0.0656 e. The highest BCUT2D eigenvalue weighted by atomic mass is 127. The minimum atomic E-state index is 0.320. The number of thiophene rings is 1. The molecule has 1 aromatic carbocycles. The molecule has 102 valence electrons. The topological polar surface area (TPSA) is 12.0 Å². The number of rotatable bonds is 6. The first-order valence-electron chi connectivity index (χ1n) is 6.80. The zero-order valence-corrected chi connectivity index (χ0v) is 14.4. The lowest BCUT2D eigenvalue weighted by molar-refractivity contribution is 0.632. The summed E-state index contributed by atoms with van der Waals surface area (Å²) in [7, 11) is 0. The second-order valence-electron chi connectivity index (χ2n) is 4.67. The minimum Gasteiger partial charge on any atom is -0.307 e. The summed E-state index contributed by atoms with van der Waals surface area (Å²) in [6, 6.07) is 11.7. The third-order valence-electron chi connectivity index (χ3n) is 3.18. The van der Waals surface area contributed by atoms with Gasteiger partial charge in [0.25, 0.3) is 0 Å². The molecular weight excluding hydrogens is 365 g/mol. The normalized spacial score (nSPS) is 12.6. The summed E-state index contributed by atoms with van der Waals surface area (Å²) in [5, 5.41) is 5.84. The molecular formula is C16H20INS. The van der Waals surface area contributed by atoms with Gasteiger partial charge in [0.1, 0.15) is 0 Å². The van der Waals surface area contributed by atoms with Gasteiger partial charge in [-0.15, -0.1) is 11.3 Å². The van der Waals surface area contributed by atoms with E-state index in [0.29, 0.717) is 6.04 Å². The second kappa shape index (κ2) is 7.41. The standard InChI is InChI=1S/C16H20INS/c1-3-5-12-6-8-13(9-7-12)16(18-4-2)14-10-15(17)19-11-14/h6-11,16,18H,3-5H2,1-2H3. The van der Waals surface area contributed by atoms with Crippen molar-refractivity contribution in [1.82, 2.24) is 5.32 Å². The van der Waals surface area contributed by atoms with E-state index < -0.39 is 0 Å². The highest BCUT2D eigenvalue weighted by molar-refractivity contribution is 14.1. The molecule has 1 atom stereocenters. The minimum absolute atomic E-state index is 0.320. The van der Waals surface area contributed by atoms with Gasteiger partial charge in [-0.1, -0.05) is 44.5 Å². The van der Waals surface area contributed by atoms with Crippen molar-refractivity contribution in [1.29, 1.82) is 0 Å². The van der Waals surface area contributed by atoms with Gasteiger partial charge in [0.2, 0.25) is 0 Å². The molecule has 2 rings (SSSR count). The molecule has 0 aliphatic rings. The Morgan fingerprint density at radius 1 is 1.16 bits per heavy atom. The van der Waals surface area contributed by atoms with Crippen LogP contribution in [0.4, 0.5) is 0 Å². The lowest BCUT2D eigenvalue weighted by Crippen LogP contribution is -2.21. The Morgan fingerprint density at radius 2 is 1.89 bits per heavy atom. The third-order valence-corrected chi connectivity index (χ3v) is 4.99. The van der Waals surface area contributed by atoms with Crippen molar-refractivity contribution in [2.24, 2.45) is 0 Å². The van der Waals surface area contributed by atoms with Crippen LogP contribution in [0.3, 0.4) is 0 Å². The molecule has 1 heterocycles. The van der Waals surface area contributed by atoms with E-state index in [1.165, 1.54) is 32.4 Å². The average Bonchev–Trinajstić information content (AvgIpc) is 2.84. The summed E-state index contributed by atoms with van der Waals surface area (Å²) in [4.78, 5) is 0. The zero-order valence-electron chi connectivity index (χ0n) is 11.4. The van der Waals surface area contributed by atoms with Crippen LogP contribution in [0.1, 0.15) is 43.0 Å². The predicted octanol–water partition coefficient (Wildman–Crippen LogP) is 5.00. The molecule has 0 saturated carbocycles. The van der Waals surface area contributed by atoms with E-state index in [0.717, 1.165) is 6.54 Å². The average molecular weight is 385 g/mol. The number of hydrogen-bond acceptors (Lipinski definition) is 2. The van der Waals surface area contributed by atoms with E-state index in [1.807, 2.05) is 11.3 Å². The van der Waals surface area contributed by atoms with Gasteiger partial charge in [0.15, 0.2) is 0 Å². The first-order valence-corrected chi connectivity index (χ1v) is 8.76. The van der Waals surface area contributed by atoms with Gasteiger partial charge in [-0.3, -0.25) is 0 Å². The number of nitrogens with one attached hydrogen (secondary N) is 1. The summed E-state index contributed by atoms with van der Waals surface area (Å²) < 4.78 is 1.35. The second-order valence-corrected chi connectivity index (χ2v) is 7.47. The Labute approximate surface area is 133 Å². The lowest BCUT2D eigenvalue weighted by atomic mass is 9.99. The fourth-order valence-electron chi connectivity index (χ4n) is 2.27. The highest BCUT2D eigenvalue weighted by Crippen LogP contribution is 2.27. The first-order chi connectivity index (χ1) is 9.24. The van der Waals surface area contributed by atoms with E-state index in [-0.39, 0.29) is 0 Å². The summed E-state index contributed by atoms with van der Waals surface area (Å²) in [6.45, 7) is 5.37. The Morgan fingerprint density at radius 3 is 2.42 bits per heavy atom. The number of aryl methyl sites for hydroxylation is 1. The van der Waals surface area contributed by atoms with Gasteiger partial charge < -0.3 is 5.32 Å². The van der Waals surface area contributed by atoms with Crippen LogP contribution in [0, 0.1) is 2.88 Å². The van der Waals surface area contributed by atoms with Crippen molar-refractivity contribution in [2.75, 3.05) is 6.54 Å². The molecule has 0 radical (unpaired) electrons. The quantitative estimate of drug-likeness (QED) is 0.690. The first kappa shape index (κ1) is 15.0. The molecule has 2 aromatic rings. The molecule has 1 aromatic heterocycles. The van der Waals surface area contributed by atoms with Gasteiger partial charge >= 0.3 is 0 Å². The number of benzene rings is 1. The maximum Gasteiger partial charge on any atom is 0.0656 e. The van der Waals surface area contributed by atoms with Crippen molar-refractivity contribution in [3.63, 3.8) is 0 Å². The largest absolute Gasteiger partial charge is 0.307 e. The molecule has 0 spiro atoms. The molecule has 0 amide bonds. The van der Waals surface area contributed by atoms with Crippen molar-refractivity contribution in [3.8, 4) is 0 Å². The van der Waals surface area contributed by atoms with Crippen LogP contribution in [0.25, 0.3) is 0 Å². The molecule has 1 nitrogen and oxygen atoms in total. The van der Waals surface area contributed by atoms with E-state index >= 15 is 0 Å². The zero-order chi connectivity index (χ0) is 13.7. The summed E-state index contributed by atoms with van der Waals surface area (Å²) in [5.41, 5.74) is 4.16. The Hall–Kier alpha value is -0.390. The highest BCUT2D eigenvalue weighted by Gasteiger charge is 2.14. The van der Waals surface area contributed by atoms with Crippen LogP contribution >= 0.6 is 33.9 Å². The van der Waals surface area contributed by atoms with Gasteiger partial charge in [-0.05, 0) is 63.7 Å². The molecule has 1 N–H and O–H groups in total. The van der Waals surface area contributed by atoms with Crippen LogP contribution in [-0.4, -0.2) is 6.54 Å². The van der Waals surface area contributed by atoms with Gasteiger partial charge in [-0.2, -0.15) is 0 Å². The molecule has 19 heavy (non-hydrogen) atoms. The van der Waals surface area contributed by atoms with E-state index in [9.17, 15) is 0 Å². The van der Waals surface area contributed by atoms with E-state index in [2.05, 4.69) is 77.5 Å². The number of hydrogen-bond donors (Lipinski definition) is 1. The van der Waals surface area contributed by atoms with Crippen LogP contribution in [0.5, 0.6) is 0 Å². The predicted molar refractivity (Wildman–Crippen MR) is 93.0 cm³/mol. The molecule has 1 unspecified atom stereocenters. The fourth-order valence-corrected chi connectivity index (χ4v) is 3.67. The third kappa shape index (κ3) is 4.04. The Bertz CT molecular complexity index is 504. The van der Waals surface area contributed by atoms with Crippen molar-refractivity contribution < 1.29 is 0 Å². The summed E-state index contributed by atoms with van der Waals surface area (Å²) in [6.07, 6.45) is 2.38. The van der Waals surface area contributed by atoms with Crippen LogP contribution in [0.2, 0.25) is 0 Å².